The molecule has 144 valence electrons. The van der Waals surface area contributed by atoms with Crippen molar-refractivity contribution in [3.63, 3.8) is 0 Å². The summed E-state index contributed by atoms with van der Waals surface area (Å²) in [7, 11) is 1.48. The van der Waals surface area contributed by atoms with Crippen molar-refractivity contribution in [1.82, 2.24) is 10.9 Å². The van der Waals surface area contributed by atoms with Gasteiger partial charge in [-0.25, -0.2) is 0 Å². The minimum atomic E-state index is -0.506. The molecule has 2 N–H and O–H groups in total. The molecule has 0 aliphatic rings. The smallest absolute Gasteiger partial charge is 0.276 e. The molecule has 0 atom stereocenters. The van der Waals surface area contributed by atoms with Crippen molar-refractivity contribution in [2.75, 3.05) is 20.3 Å². The van der Waals surface area contributed by atoms with Crippen molar-refractivity contribution in [1.29, 1.82) is 0 Å². The van der Waals surface area contributed by atoms with Crippen LogP contribution in [0.1, 0.15) is 22.8 Å². The fourth-order valence-corrected chi connectivity index (χ4v) is 2.29. The van der Waals surface area contributed by atoms with Crippen LogP contribution in [0.5, 0.6) is 17.2 Å². The largest absolute Gasteiger partial charge is 0.493 e. The summed E-state index contributed by atoms with van der Waals surface area (Å²) in [4.78, 5) is 24.0. The van der Waals surface area contributed by atoms with E-state index in [9.17, 15) is 9.59 Å². The van der Waals surface area contributed by atoms with Gasteiger partial charge in [0.05, 0.1) is 13.7 Å². The van der Waals surface area contributed by atoms with Crippen molar-refractivity contribution in [3.05, 3.63) is 52.5 Å². The lowest BCUT2D eigenvalue weighted by molar-refractivity contribution is -0.123. The maximum Gasteiger partial charge on any atom is 0.276 e. The number of amides is 2. The van der Waals surface area contributed by atoms with Crippen LogP contribution in [0, 0.1) is 6.92 Å². The molecule has 2 rings (SSSR count). The molecule has 0 saturated carbocycles. The lowest BCUT2D eigenvalue weighted by Crippen LogP contribution is -2.43. The molecule has 0 aliphatic heterocycles. The number of benzene rings is 2. The summed E-state index contributed by atoms with van der Waals surface area (Å²) in [6, 6.07) is 9.80. The van der Waals surface area contributed by atoms with E-state index in [1.165, 1.54) is 13.2 Å². The fourth-order valence-electron chi connectivity index (χ4n) is 2.17. The van der Waals surface area contributed by atoms with E-state index in [4.69, 9.17) is 25.8 Å². The summed E-state index contributed by atoms with van der Waals surface area (Å²) in [6.45, 7) is 3.91. The van der Waals surface area contributed by atoms with Gasteiger partial charge >= 0.3 is 0 Å². The molecule has 2 aromatic carbocycles. The van der Waals surface area contributed by atoms with Crippen molar-refractivity contribution < 1.29 is 23.8 Å². The maximum atomic E-state index is 12.2. The Labute approximate surface area is 162 Å². The molecular formula is C19H21ClN2O5. The number of aryl methyl sites for hydroxylation is 1. The number of methoxy groups -OCH3 is 1. The van der Waals surface area contributed by atoms with Crippen LogP contribution in [0.3, 0.4) is 0 Å². The Bertz CT molecular complexity index is 826. The highest BCUT2D eigenvalue weighted by Gasteiger charge is 2.12. The molecule has 2 aromatic rings. The Balaban J connectivity index is 1.87. The van der Waals surface area contributed by atoms with E-state index in [2.05, 4.69) is 10.9 Å². The molecular weight excluding hydrogens is 372 g/mol. The first-order chi connectivity index (χ1) is 12.9. The van der Waals surface area contributed by atoms with Gasteiger partial charge in [-0.2, -0.15) is 0 Å². The summed E-state index contributed by atoms with van der Waals surface area (Å²) < 4.78 is 16.0. The summed E-state index contributed by atoms with van der Waals surface area (Å²) in [5.41, 5.74) is 5.77. The predicted molar refractivity (Wildman–Crippen MR) is 101 cm³/mol. The zero-order valence-corrected chi connectivity index (χ0v) is 16.1. The number of halogens is 1. The second-order valence-corrected chi connectivity index (χ2v) is 5.91. The van der Waals surface area contributed by atoms with Gasteiger partial charge < -0.3 is 14.2 Å². The van der Waals surface area contributed by atoms with Gasteiger partial charge in [-0.05, 0) is 55.8 Å². The number of ether oxygens (including phenoxy) is 3. The molecule has 7 nitrogen and oxygen atoms in total. The third-order valence-corrected chi connectivity index (χ3v) is 3.96. The van der Waals surface area contributed by atoms with Gasteiger partial charge in [0.15, 0.2) is 18.1 Å². The lowest BCUT2D eigenvalue weighted by atomic mass is 10.2. The predicted octanol–water partition coefficient (Wildman–Crippen LogP) is 2.90. The van der Waals surface area contributed by atoms with E-state index < -0.39 is 11.8 Å². The molecule has 8 heteroatoms. The van der Waals surface area contributed by atoms with Crippen LogP contribution < -0.4 is 25.1 Å². The van der Waals surface area contributed by atoms with Gasteiger partial charge in [-0.3, -0.25) is 20.4 Å². The van der Waals surface area contributed by atoms with E-state index in [0.717, 1.165) is 5.56 Å². The average molecular weight is 393 g/mol. The molecule has 0 spiro atoms. The molecule has 2 amide bonds. The Hall–Kier alpha value is -2.93. The first kappa shape index (κ1) is 20.4. The quantitative estimate of drug-likeness (QED) is 0.707. The van der Waals surface area contributed by atoms with Crippen molar-refractivity contribution >= 4 is 23.4 Å². The SMILES string of the molecule is CCOc1ccc(C(=O)NNC(=O)COc2ccc(Cl)c(C)c2)cc1OC. The van der Waals surface area contributed by atoms with Gasteiger partial charge in [0.25, 0.3) is 11.8 Å². The van der Waals surface area contributed by atoms with Gasteiger partial charge in [0.2, 0.25) is 0 Å². The molecule has 0 aromatic heterocycles. The highest BCUT2D eigenvalue weighted by molar-refractivity contribution is 6.31. The van der Waals surface area contributed by atoms with Crippen LogP contribution in [0.25, 0.3) is 0 Å². The van der Waals surface area contributed by atoms with Crippen LogP contribution in [-0.2, 0) is 4.79 Å². The second-order valence-electron chi connectivity index (χ2n) is 5.50. The van der Waals surface area contributed by atoms with E-state index >= 15 is 0 Å². The highest BCUT2D eigenvalue weighted by atomic mass is 35.5. The van der Waals surface area contributed by atoms with Crippen molar-refractivity contribution in [2.45, 2.75) is 13.8 Å². The van der Waals surface area contributed by atoms with Gasteiger partial charge in [-0.1, -0.05) is 11.6 Å². The van der Waals surface area contributed by atoms with Gasteiger partial charge in [0.1, 0.15) is 5.75 Å². The molecule has 0 fully saturated rings. The van der Waals surface area contributed by atoms with E-state index in [-0.39, 0.29) is 6.61 Å². The molecule has 0 heterocycles. The van der Waals surface area contributed by atoms with Gasteiger partial charge in [-0.15, -0.1) is 0 Å². The van der Waals surface area contributed by atoms with Crippen molar-refractivity contribution in [2.24, 2.45) is 0 Å². The number of rotatable bonds is 7. The number of carbonyl (C=O) groups excluding carboxylic acids is 2. The first-order valence-corrected chi connectivity index (χ1v) is 8.61. The number of hydrogen-bond acceptors (Lipinski definition) is 5. The Morgan fingerprint density at radius 2 is 1.81 bits per heavy atom. The van der Waals surface area contributed by atoms with Crippen LogP contribution in [-0.4, -0.2) is 32.1 Å². The topological polar surface area (TPSA) is 85.9 Å². The Morgan fingerprint density at radius 1 is 1.04 bits per heavy atom. The van der Waals surface area contributed by atoms with E-state index in [1.54, 1.807) is 30.3 Å². The zero-order chi connectivity index (χ0) is 19.8. The third kappa shape index (κ3) is 5.79. The molecule has 0 saturated heterocycles. The number of carbonyl (C=O) groups is 2. The number of hydrazine groups is 1. The molecule has 0 radical (unpaired) electrons. The summed E-state index contributed by atoms with van der Waals surface area (Å²) in [5, 5.41) is 0.616. The normalized spacial score (nSPS) is 10.1. The minimum absolute atomic E-state index is 0.256. The molecule has 0 aliphatic carbocycles. The minimum Gasteiger partial charge on any atom is -0.493 e. The number of hydrogen-bond donors (Lipinski definition) is 2. The highest BCUT2D eigenvalue weighted by Crippen LogP contribution is 2.28. The average Bonchev–Trinajstić information content (AvgIpc) is 2.67. The molecule has 27 heavy (non-hydrogen) atoms. The first-order valence-electron chi connectivity index (χ1n) is 8.23. The van der Waals surface area contributed by atoms with E-state index in [0.29, 0.717) is 34.4 Å². The molecule has 0 bridgehead atoms. The number of nitrogens with one attached hydrogen (secondary N) is 2. The fraction of sp³-hybridized carbons (Fsp3) is 0.263. The van der Waals surface area contributed by atoms with Crippen molar-refractivity contribution in [3.8, 4) is 17.2 Å². The van der Waals surface area contributed by atoms with Crippen LogP contribution in [0.2, 0.25) is 5.02 Å². The van der Waals surface area contributed by atoms with Crippen LogP contribution in [0.4, 0.5) is 0 Å². The monoisotopic (exact) mass is 392 g/mol. The standard InChI is InChI=1S/C19H21ClN2O5/c1-4-26-16-8-5-13(10-17(16)25-3)19(24)22-21-18(23)11-27-14-6-7-15(20)12(2)9-14/h5-10H,4,11H2,1-3H3,(H,21,23)(H,22,24). The van der Waals surface area contributed by atoms with Gasteiger partial charge in [0, 0.05) is 10.6 Å². The van der Waals surface area contributed by atoms with Crippen LogP contribution >= 0.6 is 11.6 Å². The van der Waals surface area contributed by atoms with E-state index in [1.807, 2.05) is 13.8 Å². The summed E-state index contributed by atoms with van der Waals surface area (Å²) in [6.07, 6.45) is 0. The molecule has 0 unspecified atom stereocenters. The maximum absolute atomic E-state index is 12.2. The second kappa shape index (κ2) is 9.68. The Kier molecular flexibility index (Phi) is 7.31. The zero-order valence-electron chi connectivity index (χ0n) is 15.3. The van der Waals surface area contributed by atoms with Crippen LogP contribution in [0.15, 0.2) is 36.4 Å². The summed E-state index contributed by atoms with van der Waals surface area (Å²) >= 11 is 5.94. The summed E-state index contributed by atoms with van der Waals surface area (Å²) in [5.74, 6) is 0.472. The third-order valence-electron chi connectivity index (χ3n) is 3.54. The lowest BCUT2D eigenvalue weighted by Gasteiger charge is -2.12. The Morgan fingerprint density at radius 3 is 2.48 bits per heavy atom.